The fourth-order valence-corrected chi connectivity index (χ4v) is 3.71. The lowest BCUT2D eigenvalue weighted by Gasteiger charge is -2.22. The van der Waals surface area contributed by atoms with Crippen LogP contribution in [0.5, 0.6) is 0 Å². The Labute approximate surface area is 135 Å². The summed E-state index contributed by atoms with van der Waals surface area (Å²) in [6, 6.07) is 8.73. The standard InChI is InChI=1S/C19H21N3O/c20-18-17-15(10-22-11-16(17)23-19(18)21)14-8-4-7-13(9-14)12-5-2-1-3-6-12/h4,7-12H,1-3,5-6,20-21H2. The molecule has 1 fully saturated rings. The number of benzene rings is 1. The maximum atomic E-state index is 6.11. The molecule has 23 heavy (non-hydrogen) atoms. The van der Waals surface area contributed by atoms with Gasteiger partial charge in [-0.25, -0.2) is 0 Å². The minimum Gasteiger partial charge on any atom is -0.437 e. The van der Waals surface area contributed by atoms with E-state index in [9.17, 15) is 0 Å². The quantitative estimate of drug-likeness (QED) is 0.719. The molecular weight excluding hydrogens is 286 g/mol. The second-order valence-corrected chi connectivity index (χ2v) is 6.40. The molecule has 0 spiro atoms. The van der Waals surface area contributed by atoms with Crippen LogP contribution in [0.2, 0.25) is 0 Å². The number of nitrogens with two attached hydrogens (primary N) is 2. The van der Waals surface area contributed by atoms with Crippen LogP contribution >= 0.6 is 0 Å². The van der Waals surface area contributed by atoms with Crippen molar-refractivity contribution in [3.63, 3.8) is 0 Å². The van der Waals surface area contributed by atoms with Crippen molar-refractivity contribution < 1.29 is 4.42 Å². The molecule has 0 aliphatic heterocycles. The van der Waals surface area contributed by atoms with Gasteiger partial charge < -0.3 is 15.9 Å². The third-order valence-electron chi connectivity index (χ3n) is 4.94. The van der Waals surface area contributed by atoms with Crippen molar-refractivity contribution in [1.82, 2.24) is 4.98 Å². The minimum absolute atomic E-state index is 0.262. The molecule has 1 aliphatic rings. The first-order valence-electron chi connectivity index (χ1n) is 8.26. The van der Waals surface area contributed by atoms with E-state index >= 15 is 0 Å². The van der Waals surface area contributed by atoms with Gasteiger partial charge in [0, 0.05) is 11.8 Å². The summed E-state index contributed by atoms with van der Waals surface area (Å²) in [5.41, 5.74) is 16.6. The highest BCUT2D eigenvalue weighted by Gasteiger charge is 2.18. The highest BCUT2D eigenvalue weighted by atomic mass is 16.3. The van der Waals surface area contributed by atoms with E-state index in [-0.39, 0.29) is 5.88 Å². The fourth-order valence-electron chi connectivity index (χ4n) is 3.71. The maximum Gasteiger partial charge on any atom is 0.214 e. The summed E-state index contributed by atoms with van der Waals surface area (Å²) in [4.78, 5) is 4.28. The van der Waals surface area contributed by atoms with Crippen molar-refractivity contribution in [1.29, 1.82) is 0 Å². The molecule has 3 aromatic rings. The van der Waals surface area contributed by atoms with Crippen LogP contribution in [0.4, 0.5) is 11.6 Å². The van der Waals surface area contributed by atoms with Gasteiger partial charge in [0.15, 0.2) is 5.58 Å². The number of anilines is 2. The van der Waals surface area contributed by atoms with Crippen molar-refractivity contribution in [3.05, 3.63) is 42.2 Å². The van der Waals surface area contributed by atoms with E-state index in [4.69, 9.17) is 15.9 Å². The summed E-state index contributed by atoms with van der Waals surface area (Å²) >= 11 is 0. The van der Waals surface area contributed by atoms with Gasteiger partial charge in [-0.3, -0.25) is 4.98 Å². The second kappa shape index (κ2) is 5.61. The van der Waals surface area contributed by atoms with Gasteiger partial charge in [-0.15, -0.1) is 0 Å². The predicted octanol–water partition coefficient (Wildman–Crippen LogP) is 4.71. The van der Waals surface area contributed by atoms with Crippen LogP contribution in [0.1, 0.15) is 43.6 Å². The molecular formula is C19H21N3O. The molecule has 0 bridgehead atoms. The normalized spacial score (nSPS) is 16.0. The molecule has 2 heterocycles. The topological polar surface area (TPSA) is 78.1 Å². The molecule has 1 saturated carbocycles. The molecule has 1 aromatic carbocycles. The van der Waals surface area contributed by atoms with E-state index in [0.29, 0.717) is 17.2 Å². The molecule has 4 rings (SSSR count). The first kappa shape index (κ1) is 14.1. The van der Waals surface area contributed by atoms with Gasteiger partial charge in [0.1, 0.15) is 5.69 Å². The number of fused-ring (bicyclic) bond motifs is 1. The van der Waals surface area contributed by atoms with Gasteiger partial charge in [0.05, 0.1) is 11.6 Å². The number of nitrogens with zero attached hydrogens (tertiary/aromatic N) is 1. The van der Waals surface area contributed by atoms with E-state index in [0.717, 1.165) is 16.5 Å². The monoisotopic (exact) mass is 307 g/mol. The molecule has 1 aliphatic carbocycles. The Morgan fingerprint density at radius 3 is 2.70 bits per heavy atom. The van der Waals surface area contributed by atoms with Gasteiger partial charge >= 0.3 is 0 Å². The summed E-state index contributed by atoms with van der Waals surface area (Å²) in [6.45, 7) is 0. The van der Waals surface area contributed by atoms with Crippen LogP contribution in [0.3, 0.4) is 0 Å². The molecule has 0 amide bonds. The van der Waals surface area contributed by atoms with E-state index in [2.05, 4.69) is 29.2 Å². The number of furan rings is 1. The number of rotatable bonds is 2. The number of hydrogen-bond acceptors (Lipinski definition) is 4. The van der Waals surface area contributed by atoms with Crippen LogP contribution in [0.15, 0.2) is 41.1 Å². The zero-order chi connectivity index (χ0) is 15.8. The summed E-state index contributed by atoms with van der Waals surface area (Å²) in [5.74, 6) is 0.931. The third-order valence-corrected chi connectivity index (χ3v) is 4.94. The smallest absolute Gasteiger partial charge is 0.214 e. The van der Waals surface area contributed by atoms with Gasteiger partial charge in [-0.1, -0.05) is 43.5 Å². The molecule has 0 radical (unpaired) electrons. The first-order chi connectivity index (χ1) is 11.2. The van der Waals surface area contributed by atoms with Gasteiger partial charge in [-0.2, -0.15) is 0 Å². The van der Waals surface area contributed by atoms with Crippen LogP contribution < -0.4 is 11.5 Å². The minimum atomic E-state index is 0.262. The Bertz CT molecular complexity index is 847. The SMILES string of the molecule is Nc1oc2cncc(-c3cccc(C4CCCCC4)c3)c2c1N. The van der Waals surface area contributed by atoms with Gasteiger partial charge in [0.25, 0.3) is 0 Å². The summed E-state index contributed by atoms with van der Waals surface area (Å²) in [6.07, 6.45) is 10.1. The van der Waals surface area contributed by atoms with E-state index in [1.807, 2.05) is 6.20 Å². The Morgan fingerprint density at radius 2 is 1.87 bits per heavy atom. The van der Waals surface area contributed by atoms with Crippen molar-refractivity contribution in [2.24, 2.45) is 0 Å². The van der Waals surface area contributed by atoms with Crippen molar-refractivity contribution >= 4 is 22.5 Å². The zero-order valence-electron chi connectivity index (χ0n) is 13.1. The zero-order valence-corrected chi connectivity index (χ0v) is 13.1. The summed E-state index contributed by atoms with van der Waals surface area (Å²) in [7, 11) is 0. The lowest BCUT2D eigenvalue weighted by atomic mass is 9.83. The van der Waals surface area contributed by atoms with Crippen LogP contribution in [0, 0.1) is 0 Å². The van der Waals surface area contributed by atoms with Crippen molar-refractivity contribution in [3.8, 4) is 11.1 Å². The first-order valence-corrected chi connectivity index (χ1v) is 8.26. The fraction of sp³-hybridized carbons (Fsp3) is 0.316. The molecule has 4 nitrogen and oxygen atoms in total. The molecule has 0 atom stereocenters. The molecule has 4 N–H and O–H groups in total. The van der Waals surface area contributed by atoms with Gasteiger partial charge in [0.2, 0.25) is 5.88 Å². The molecule has 0 saturated heterocycles. The average Bonchev–Trinajstić information content (AvgIpc) is 2.90. The number of hydrogen-bond donors (Lipinski definition) is 2. The highest BCUT2D eigenvalue weighted by molar-refractivity contribution is 6.04. The van der Waals surface area contributed by atoms with Crippen molar-refractivity contribution in [2.45, 2.75) is 38.0 Å². The Balaban J connectivity index is 1.82. The van der Waals surface area contributed by atoms with Gasteiger partial charge in [-0.05, 0) is 29.9 Å². The summed E-state index contributed by atoms with van der Waals surface area (Å²) < 4.78 is 5.50. The Hall–Kier alpha value is -2.49. The van der Waals surface area contributed by atoms with E-state index in [1.165, 1.54) is 37.7 Å². The molecule has 4 heteroatoms. The largest absolute Gasteiger partial charge is 0.437 e. The summed E-state index contributed by atoms with van der Waals surface area (Å²) in [5, 5.41) is 0.860. The lowest BCUT2D eigenvalue weighted by molar-refractivity contribution is 0.444. The maximum absolute atomic E-state index is 6.11. The van der Waals surface area contributed by atoms with Crippen molar-refractivity contribution in [2.75, 3.05) is 11.5 Å². The third kappa shape index (κ3) is 2.44. The van der Waals surface area contributed by atoms with E-state index in [1.54, 1.807) is 6.20 Å². The average molecular weight is 307 g/mol. The highest BCUT2D eigenvalue weighted by Crippen LogP contribution is 2.39. The number of nitrogen functional groups attached to an aromatic ring is 2. The van der Waals surface area contributed by atoms with Crippen LogP contribution in [0.25, 0.3) is 22.1 Å². The molecule has 118 valence electrons. The predicted molar refractivity (Wildman–Crippen MR) is 94.1 cm³/mol. The lowest BCUT2D eigenvalue weighted by Crippen LogP contribution is -2.04. The number of aromatic nitrogens is 1. The van der Waals surface area contributed by atoms with Crippen LogP contribution in [-0.4, -0.2) is 4.98 Å². The molecule has 2 aromatic heterocycles. The Morgan fingerprint density at radius 1 is 1.04 bits per heavy atom. The van der Waals surface area contributed by atoms with Crippen LogP contribution in [-0.2, 0) is 0 Å². The van der Waals surface area contributed by atoms with E-state index < -0.39 is 0 Å². The second-order valence-electron chi connectivity index (χ2n) is 6.40. The number of pyridine rings is 1. The molecule has 0 unspecified atom stereocenters. The Kier molecular flexibility index (Phi) is 3.45.